The van der Waals surface area contributed by atoms with Crippen LogP contribution in [0.15, 0.2) is 16.7 Å². The number of ether oxygens (including phenoxy) is 1. The van der Waals surface area contributed by atoms with Crippen molar-refractivity contribution in [1.29, 1.82) is 0 Å². The van der Waals surface area contributed by atoms with Gasteiger partial charge in [0.1, 0.15) is 5.75 Å². The van der Waals surface area contributed by atoms with Gasteiger partial charge in [-0.05, 0) is 56.8 Å². The summed E-state index contributed by atoms with van der Waals surface area (Å²) in [5.41, 5.74) is 3.16. The summed E-state index contributed by atoms with van der Waals surface area (Å²) in [5.74, 6) is 1.76. The maximum atomic E-state index is 11.3. The summed E-state index contributed by atoms with van der Waals surface area (Å²) in [7, 11) is 0. The number of carbonyl (C=O) groups is 1. The molecule has 0 amide bonds. The van der Waals surface area contributed by atoms with Gasteiger partial charge in [-0.3, -0.25) is 9.69 Å². The lowest BCUT2D eigenvalue weighted by atomic mass is 9.99. The Morgan fingerprint density at radius 1 is 1.28 bits per heavy atom. The fraction of sp³-hybridized carbons (Fsp3) is 0.526. The molecule has 1 aliphatic rings. The zero-order valence-corrected chi connectivity index (χ0v) is 15.3. The summed E-state index contributed by atoms with van der Waals surface area (Å²) in [6.45, 7) is 9.05. The molecule has 134 valence electrons. The number of hydrogen-bond acceptors (Lipinski definition) is 6. The molecule has 0 bridgehead atoms. The number of nitrogens with zero attached hydrogens (tertiary/aromatic N) is 3. The van der Waals surface area contributed by atoms with Crippen molar-refractivity contribution in [2.24, 2.45) is 0 Å². The number of esters is 1. The Kier molecular flexibility index (Phi) is 5.18. The average Bonchev–Trinajstić information content (AvgIpc) is 2.98. The first-order valence-corrected chi connectivity index (χ1v) is 8.77. The number of aryl methyl sites for hydroxylation is 3. The molecule has 1 fully saturated rings. The Bertz CT molecular complexity index is 746. The predicted molar refractivity (Wildman–Crippen MR) is 93.3 cm³/mol. The van der Waals surface area contributed by atoms with E-state index in [9.17, 15) is 4.79 Å². The van der Waals surface area contributed by atoms with E-state index in [1.807, 2.05) is 20.8 Å². The van der Waals surface area contributed by atoms with Gasteiger partial charge in [0.25, 0.3) is 0 Å². The Labute approximate surface area is 148 Å². The van der Waals surface area contributed by atoms with E-state index in [-0.39, 0.29) is 12.0 Å². The van der Waals surface area contributed by atoms with Crippen molar-refractivity contribution in [2.75, 3.05) is 6.54 Å². The van der Waals surface area contributed by atoms with Crippen molar-refractivity contribution in [2.45, 2.75) is 59.5 Å². The first kappa shape index (κ1) is 17.6. The van der Waals surface area contributed by atoms with E-state index < -0.39 is 0 Å². The van der Waals surface area contributed by atoms with E-state index in [1.54, 1.807) is 0 Å². The number of hydrogen-bond donors (Lipinski definition) is 0. The molecule has 1 aromatic heterocycles. The molecule has 0 aliphatic carbocycles. The highest BCUT2D eigenvalue weighted by molar-refractivity contribution is 5.70. The van der Waals surface area contributed by atoms with E-state index in [0.717, 1.165) is 30.6 Å². The van der Waals surface area contributed by atoms with Gasteiger partial charge in [-0.25, -0.2) is 0 Å². The second-order valence-electron chi connectivity index (χ2n) is 6.81. The summed E-state index contributed by atoms with van der Waals surface area (Å²) in [6.07, 6.45) is 3.38. The van der Waals surface area contributed by atoms with Crippen molar-refractivity contribution in [1.82, 2.24) is 15.0 Å². The van der Waals surface area contributed by atoms with Gasteiger partial charge in [0.2, 0.25) is 5.89 Å². The summed E-state index contributed by atoms with van der Waals surface area (Å²) in [4.78, 5) is 18.1. The minimum absolute atomic E-state index is 0.170. The summed E-state index contributed by atoms with van der Waals surface area (Å²) in [5, 5.41) is 3.94. The fourth-order valence-electron chi connectivity index (χ4n) is 3.58. The van der Waals surface area contributed by atoms with E-state index in [2.05, 4.69) is 27.2 Å². The normalized spacial score (nSPS) is 18.3. The highest BCUT2D eigenvalue weighted by Gasteiger charge is 2.28. The Morgan fingerprint density at radius 2 is 2.00 bits per heavy atom. The number of carbonyl (C=O) groups excluding carboxylic acids is 1. The minimum atomic E-state index is -0.290. The molecule has 1 saturated heterocycles. The third kappa shape index (κ3) is 4.07. The van der Waals surface area contributed by atoms with Crippen molar-refractivity contribution in [3.63, 3.8) is 0 Å². The van der Waals surface area contributed by atoms with Gasteiger partial charge in [0, 0.05) is 13.5 Å². The molecule has 2 aromatic rings. The molecular weight excluding hydrogens is 318 g/mol. The molecule has 0 radical (unpaired) electrons. The van der Waals surface area contributed by atoms with E-state index in [0.29, 0.717) is 17.5 Å². The standard InChI is InChI=1S/C19H25N3O3/c1-12-9-16(10-13(2)18(12)24-15(4)23)11-22-8-6-5-7-17(22)19-20-14(3)21-25-19/h9-10,17H,5-8,11H2,1-4H3/t17-/m0/s1. The predicted octanol–water partition coefficient (Wildman–Crippen LogP) is 3.65. The number of likely N-dealkylation sites (tertiary alicyclic amines) is 1. The zero-order chi connectivity index (χ0) is 18.0. The SMILES string of the molecule is CC(=O)Oc1c(C)cc(CN2CCCC[C@H]2c2nc(C)no2)cc1C. The summed E-state index contributed by atoms with van der Waals surface area (Å²) < 4.78 is 10.7. The van der Waals surface area contributed by atoms with Crippen molar-refractivity contribution >= 4 is 5.97 Å². The molecule has 0 unspecified atom stereocenters. The highest BCUT2D eigenvalue weighted by Crippen LogP contribution is 2.32. The van der Waals surface area contributed by atoms with Crippen LogP contribution in [0, 0.1) is 20.8 Å². The van der Waals surface area contributed by atoms with Crippen LogP contribution in [0.2, 0.25) is 0 Å². The quantitative estimate of drug-likeness (QED) is 0.623. The van der Waals surface area contributed by atoms with Crippen molar-refractivity contribution in [3.05, 3.63) is 40.5 Å². The first-order valence-electron chi connectivity index (χ1n) is 8.77. The smallest absolute Gasteiger partial charge is 0.308 e. The summed E-state index contributed by atoms with van der Waals surface area (Å²) >= 11 is 0. The number of rotatable bonds is 4. The molecule has 1 aromatic carbocycles. The molecule has 6 heteroatoms. The van der Waals surface area contributed by atoms with Crippen molar-refractivity contribution < 1.29 is 14.1 Å². The lowest BCUT2D eigenvalue weighted by Crippen LogP contribution is -2.33. The highest BCUT2D eigenvalue weighted by atomic mass is 16.5. The lowest BCUT2D eigenvalue weighted by molar-refractivity contribution is -0.131. The van der Waals surface area contributed by atoms with Gasteiger partial charge in [0.15, 0.2) is 5.82 Å². The van der Waals surface area contributed by atoms with E-state index in [1.165, 1.54) is 25.3 Å². The van der Waals surface area contributed by atoms with Gasteiger partial charge < -0.3 is 9.26 Å². The molecule has 0 N–H and O–H groups in total. The largest absolute Gasteiger partial charge is 0.426 e. The van der Waals surface area contributed by atoms with Crippen LogP contribution in [-0.2, 0) is 11.3 Å². The van der Waals surface area contributed by atoms with Crippen molar-refractivity contribution in [3.8, 4) is 5.75 Å². The van der Waals surface area contributed by atoms with Crippen LogP contribution in [0.4, 0.5) is 0 Å². The third-order valence-electron chi connectivity index (χ3n) is 4.59. The molecule has 1 atom stereocenters. The van der Waals surface area contributed by atoms with Crippen LogP contribution in [0.25, 0.3) is 0 Å². The van der Waals surface area contributed by atoms with Crippen LogP contribution in [-0.4, -0.2) is 27.6 Å². The average molecular weight is 343 g/mol. The molecule has 0 saturated carbocycles. The molecule has 2 heterocycles. The first-order chi connectivity index (χ1) is 11.9. The van der Waals surface area contributed by atoms with Gasteiger partial charge in [-0.2, -0.15) is 4.98 Å². The second kappa shape index (κ2) is 7.35. The molecule has 25 heavy (non-hydrogen) atoms. The molecule has 1 aliphatic heterocycles. The van der Waals surface area contributed by atoms with Crippen LogP contribution in [0.1, 0.15) is 60.6 Å². The van der Waals surface area contributed by atoms with Gasteiger partial charge in [-0.1, -0.05) is 23.7 Å². The van der Waals surface area contributed by atoms with Gasteiger partial charge >= 0.3 is 5.97 Å². The maximum Gasteiger partial charge on any atom is 0.308 e. The fourth-order valence-corrected chi connectivity index (χ4v) is 3.58. The number of piperidine rings is 1. The number of benzene rings is 1. The van der Waals surface area contributed by atoms with Gasteiger partial charge in [-0.15, -0.1) is 0 Å². The van der Waals surface area contributed by atoms with E-state index >= 15 is 0 Å². The lowest BCUT2D eigenvalue weighted by Gasteiger charge is -2.33. The Hall–Kier alpha value is -2.21. The van der Waals surface area contributed by atoms with Crippen LogP contribution >= 0.6 is 0 Å². The van der Waals surface area contributed by atoms with Crippen LogP contribution < -0.4 is 4.74 Å². The third-order valence-corrected chi connectivity index (χ3v) is 4.59. The molecule has 6 nitrogen and oxygen atoms in total. The monoisotopic (exact) mass is 343 g/mol. The topological polar surface area (TPSA) is 68.5 Å². The molecule has 3 rings (SSSR count). The van der Waals surface area contributed by atoms with Crippen LogP contribution in [0.5, 0.6) is 5.75 Å². The Morgan fingerprint density at radius 3 is 2.60 bits per heavy atom. The molecule has 0 spiro atoms. The minimum Gasteiger partial charge on any atom is -0.426 e. The van der Waals surface area contributed by atoms with Crippen LogP contribution in [0.3, 0.4) is 0 Å². The van der Waals surface area contributed by atoms with Gasteiger partial charge in [0.05, 0.1) is 6.04 Å². The number of aromatic nitrogens is 2. The Balaban J connectivity index is 1.81. The second-order valence-corrected chi connectivity index (χ2v) is 6.81. The van der Waals surface area contributed by atoms with E-state index in [4.69, 9.17) is 9.26 Å². The zero-order valence-electron chi connectivity index (χ0n) is 15.3. The summed E-state index contributed by atoms with van der Waals surface area (Å²) in [6, 6.07) is 4.36. The molecular formula is C19H25N3O3. The maximum absolute atomic E-state index is 11.3.